The molecule has 1 unspecified atom stereocenters. The Balaban J connectivity index is 1.70. The number of nitrogens with zero attached hydrogens (tertiary/aromatic N) is 5. The quantitative estimate of drug-likeness (QED) is 0.703. The summed E-state index contributed by atoms with van der Waals surface area (Å²) >= 11 is 0. The monoisotopic (exact) mass is 377 g/mol. The number of para-hydroxylation sites is 1. The van der Waals surface area contributed by atoms with E-state index in [4.69, 9.17) is 0 Å². The van der Waals surface area contributed by atoms with Gasteiger partial charge in [0.1, 0.15) is 6.04 Å². The summed E-state index contributed by atoms with van der Waals surface area (Å²) in [6.07, 6.45) is 1.86. The molecule has 0 fully saturated rings. The van der Waals surface area contributed by atoms with Crippen molar-refractivity contribution >= 4 is 11.6 Å². The maximum Gasteiger partial charge on any atom is 0.267 e. The molecular formula is C21H23N5O2. The number of rotatable bonds is 3. The first-order valence-electron chi connectivity index (χ1n) is 9.48. The van der Waals surface area contributed by atoms with E-state index in [1.807, 2.05) is 44.2 Å². The Morgan fingerprint density at radius 1 is 1.11 bits per heavy atom. The van der Waals surface area contributed by atoms with Gasteiger partial charge in [-0.15, -0.1) is 5.10 Å². The van der Waals surface area contributed by atoms with Crippen LogP contribution in [0.15, 0.2) is 47.3 Å². The van der Waals surface area contributed by atoms with Crippen LogP contribution in [0.3, 0.4) is 0 Å². The Bertz CT molecular complexity index is 1100. The van der Waals surface area contributed by atoms with Gasteiger partial charge in [-0.3, -0.25) is 9.59 Å². The van der Waals surface area contributed by atoms with E-state index >= 15 is 0 Å². The lowest BCUT2D eigenvalue weighted by Crippen LogP contribution is -2.42. The zero-order valence-electron chi connectivity index (χ0n) is 16.3. The first-order valence-corrected chi connectivity index (χ1v) is 9.48. The van der Waals surface area contributed by atoms with E-state index in [0.717, 1.165) is 35.5 Å². The summed E-state index contributed by atoms with van der Waals surface area (Å²) in [6, 6.07) is 12.2. The van der Waals surface area contributed by atoms with E-state index in [-0.39, 0.29) is 11.5 Å². The number of aryl methyl sites for hydroxylation is 3. The van der Waals surface area contributed by atoms with Gasteiger partial charge in [0, 0.05) is 24.0 Å². The largest absolute Gasteiger partial charge is 0.310 e. The molecule has 0 saturated heterocycles. The van der Waals surface area contributed by atoms with Gasteiger partial charge in [0.15, 0.2) is 5.82 Å². The van der Waals surface area contributed by atoms with Crippen LogP contribution in [0.1, 0.15) is 36.3 Å². The van der Waals surface area contributed by atoms with E-state index in [9.17, 15) is 9.59 Å². The normalized spacial score (nSPS) is 14.6. The standard InChI is InChI=1S/C21H23N5O2/c1-14-13-15(2)25(22-14)19-10-11-20(27)26(23-19)16(3)21(28)24-12-6-8-17-7-4-5-9-18(17)24/h4-5,7,9-11,13,16H,6,8,12H2,1-3H3. The predicted molar refractivity (Wildman–Crippen MR) is 107 cm³/mol. The topological polar surface area (TPSA) is 73.0 Å². The number of hydrogen-bond donors (Lipinski definition) is 0. The highest BCUT2D eigenvalue weighted by Gasteiger charge is 2.28. The Morgan fingerprint density at radius 2 is 1.89 bits per heavy atom. The van der Waals surface area contributed by atoms with Crippen molar-refractivity contribution in [3.63, 3.8) is 0 Å². The van der Waals surface area contributed by atoms with Crippen molar-refractivity contribution in [3.05, 3.63) is 69.8 Å². The van der Waals surface area contributed by atoms with Crippen molar-refractivity contribution < 1.29 is 4.79 Å². The molecule has 3 aromatic rings. The van der Waals surface area contributed by atoms with E-state index in [1.54, 1.807) is 22.6 Å². The predicted octanol–water partition coefficient (Wildman–Crippen LogP) is 2.59. The van der Waals surface area contributed by atoms with Crippen molar-refractivity contribution in [1.82, 2.24) is 19.6 Å². The third-order valence-corrected chi connectivity index (χ3v) is 5.14. The molecule has 1 aliphatic heterocycles. The summed E-state index contributed by atoms with van der Waals surface area (Å²) in [4.78, 5) is 27.5. The number of fused-ring (bicyclic) bond motifs is 1. The minimum atomic E-state index is -0.712. The molecule has 0 bridgehead atoms. The summed E-state index contributed by atoms with van der Waals surface area (Å²) < 4.78 is 2.93. The number of hydrogen-bond acceptors (Lipinski definition) is 4. The summed E-state index contributed by atoms with van der Waals surface area (Å²) in [5, 5.41) is 8.86. The number of carbonyl (C=O) groups excluding carboxylic acids is 1. The second-order valence-corrected chi connectivity index (χ2v) is 7.21. The van der Waals surface area contributed by atoms with Crippen LogP contribution in [-0.2, 0) is 11.2 Å². The first-order chi connectivity index (χ1) is 13.5. The smallest absolute Gasteiger partial charge is 0.267 e. The molecule has 0 radical (unpaired) electrons. The molecular weight excluding hydrogens is 354 g/mol. The molecule has 1 atom stereocenters. The molecule has 2 aromatic heterocycles. The lowest BCUT2D eigenvalue weighted by Gasteiger charge is -2.31. The third-order valence-electron chi connectivity index (χ3n) is 5.14. The fourth-order valence-corrected chi connectivity index (χ4v) is 3.76. The van der Waals surface area contributed by atoms with Gasteiger partial charge in [-0.05, 0) is 57.4 Å². The number of anilines is 1. The number of carbonyl (C=O) groups is 1. The molecule has 0 saturated carbocycles. The van der Waals surface area contributed by atoms with Gasteiger partial charge < -0.3 is 4.90 Å². The molecule has 144 valence electrons. The zero-order valence-corrected chi connectivity index (χ0v) is 16.3. The summed E-state index contributed by atoms with van der Waals surface area (Å²) in [6.45, 7) is 6.20. The second-order valence-electron chi connectivity index (χ2n) is 7.21. The molecule has 7 nitrogen and oxygen atoms in total. The zero-order chi connectivity index (χ0) is 19.8. The maximum atomic E-state index is 13.2. The van der Waals surface area contributed by atoms with Crippen LogP contribution in [0.2, 0.25) is 0 Å². The molecule has 0 spiro atoms. The van der Waals surface area contributed by atoms with Gasteiger partial charge in [-0.2, -0.15) is 5.10 Å². The van der Waals surface area contributed by atoms with Gasteiger partial charge in [0.2, 0.25) is 0 Å². The maximum absolute atomic E-state index is 13.2. The Labute approximate surface area is 163 Å². The molecule has 3 heterocycles. The van der Waals surface area contributed by atoms with Crippen LogP contribution in [0.5, 0.6) is 0 Å². The highest BCUT2D eigenvalue weighted by molar-refractivity contribution is 5.96. The van der Waals surface area contributed by atoms with Crippen molar-refractivity contribution in [2.24, 2.45) is 0 Å². The molecule has 28 heavy (non-hydrogen) atoms. The minimum absolute atomic E-state index is 0.132. The second kappa shape index (κ2) is 7.07. The molecule has 0 aliphatic carbocycles. The van der Waals surface area contributed by atoms with Crippen LogP contribution < -0.4 is 10.5 Å². The fraction of sp³-hybridized carbons (Fsp3) is 0.333. The van der Waals surface area contributed by atoms with E-state index in [2.05, 4.69) is 10.2 Å². The van der Waals surface area contributed by atoms with Gasteiger partial charge in [0.25, 0.3) is 11.5 Å². The molecule has 1 aliphatic rings. The lowest BCUT2D eigenvalue weighted by atomic mass is 10.0. The summed E-state index contributed by atoms with van der Waals surface area (Å²) in [5.74, 6) is 0.385. The van der Waals surface area contributed by atoms with Crippen molar-refractivity contribution in [1.29, 1.82) is 0 Å². The molecule has 4 rings (SSSR count). The molecule has 1 amide bonds. The number of aromatic nitrogens is 4. The van der Waals surface area contributed by atoms with Crippen molar-refractivity contribution in [2.75, 3.05) is 11.4 Å². The lowest BCUT2D eigenvalue weighted by molar-refractivity contribution is -0.121. The fourth-order valence-electron chi connectivity index (χ4n) is 3.76. The van der Waals surface area contributed by atoms with Crippen molar-refractivity contribution in [3.8, 4) is 5.82 Å². The Hall–Kier alpha value is -3.22. The first kappa shape index (κ1) is 18.2. The highest BCUT2D eigenvalue weighted by Crippen LogP contribution is 2.28. The van der Waals surface area contributed by atoms with Gasteiger partial charge >= 0.3 is 0 Å². The van der Waals surface area contributed by atoms with Crippen molar-refractivity contribution in [2.45, 2.75) is 39.7 Å². The van der Waals surface area contributed by atoms with Gasteiger partial charge in [-0.1, -0.05) is 18.2 Å². The van der Waals surface area contributed by atoms with Crippen LogP contribution in [0.25, 0.3) is 5.82 Å². The minimum Gasteiger partial charge on any atom is -0.310 e. The molecule has 0 N–H and O–H groups in total. The Kier molecular flexibility index (Phi) is 4.58. The van der Waals surface area contributed by atoms with E-state index in [0.29, 0.717) is 12.4 Å². The molecule has 7 heteroatoms. The van der Waals surface area contributed by atoms with E-state index in [1.165, 1.54) is 10.7 Å². The SMILES string of the molecule is Cc1cc(C)n(-c2ccc(=O)n(C(C)C(=O)N3CCCc4ccccc43)n2)n1. The van der Waals surface area contributed by atoms with Gasteiger partial charge in [0.05, 0.1) is 5.69 Å². The van der Waals surface area contributed by atoms with Crippen LogP contribution in [-0.4, -0.2) is 32.0 Å². The van der Waals surface area contributed by atoms with Gasteiger partial charge in [-0.25, -0.2) is 9.36 Å². The summed E-state index contributed by atoms with van der Waals surface area (Å²) in [7, 11) is 0. The summed E-state index contributed by atoms with van der Waals surface area (Å²) in [5.41, 5.74) is 3.56. The average molecular weight is 377 g/mol. The van der Waals surface area contributed by atoms with Crippen LogP contribution in [0, 0.1) is 13.8 Å². The number of amides is 1. The number of benzene rings is 1. The van der Waals surface area contributed by atoms with Crippen LogP contribution >= 0.6 is 0 Å². The third kappa shape index (κ3) is 3.13. The average Bonchev–Trinajstić information content (AvgIpc) is 3.05. The highest BCUT2D eigenvalue weighted by atomic mass is 16.2. The molecule has 1 aromatic carbocycles. The van der Waals surface area contributed by atoms with Crippen LogP contribution in [0.4, 0.5) is 5.69 Å². The Morgan fingerprint density at radius 3 is 2.64 bits per heavy atom. The van der Waals surface area contributed by atoms with E-state index < -0.39 is 6.04 Å².